The van der Waals surface area contributed by atoms with Gasteiger partial charge in [-0.2, -0.15) is 0 Å². The van der Waals surface area contributed by atoms with Crippen molar-refractivity contribution in [1.29, 1.82) is 0 Å². The van der Waals surface area contributed by atoms with E-state index in [1.807, 2.05) is 6.92 Å². The molecule has 0 unspecified atom stereocenters. The maximum Gasteiger partial charge on any atom is 0.323 e. The van der Waals surface area contributed by atoms with Crippen LogP contribution in [-0.4, -0.2) is 11.1 Å². The monoisotopic (exact) mass is 294 g/mol. The normalized spacial score (nSPS) is 10.2. The van der Waals surface area contributed by atoms with Crippen LogP contribution in [0.5, 0.6) is 5.75 Å². The third-order valence-electron chi connectivity index (χ3n) is 2.63. The number of carbonyl (C=O) groups is 1. The molecular weight excluding hydrogens is 283 g/mol. The smallest absolute Gasteiger partial charge is 0.323 e. The molecule has 0 heterocycles. The fourth-order valence-corrected chi connectivity index (χ4v) is 1.74. The second kappa shape index (κ2) is 5.79. The van der Waals surface area contributed by atoms with Gasteiger partial charge in [-0.3, -0.25) is 0 Å². The number of benzene rings is 2. The SMILES string of the molecule is Cc1ccc(NC(=O)Nc2ccc(O)cc2F)cc1Cl. The molecular formula is C14H12ClFN2O2. The Labute approximate surface area is 120 Å². The molecule has 0 atom stereocenters. The zero-order valence-corrected chi connectivity index (χ0v) is 11.3. The highest BCUT2D eigenvalue weighted by Crippen LogP contribution is 2.21. The first-order valence-corrected chi connectivity index (χ1v) is 6.16. The van der Waals surface area contributed by atoms with E-state index in [-0.39, 0.29) is 11.4 Å². The Morgan fingerprint density at radius 2 is 1.95 bits per heavy atom. The average Bonchev–Trinajstić information content (AvgIpc) is 2.37. The minimum absolute atomic E-state index is 0.0292. The lowest BCUT2D eigenvalue weighted by Gasteiger charge is -2.09. The predicted octanol–water partition coefficient (Wildman–Crippen LogP) is 4.14. The highest BCUT2D eigenvalue weighted by molar-refractivity contribution is 6.31. The third-order valence-corrected chi connectivity index (χ3v) is 3.04. The minimum atomic E-state index is -0.720. The highest BCUT2D eigenvalue weighted by atomic mass is 35.5. The van der Waals surface area contributed by atoms with Gasteiger partial charge in [0.25, 0.3) is 0 Å². The average molecular weight is 295 g/mol. The molecule has 6 heteroatoms. The first-order chi connectivity index (χ1) is 9.45. The van der Waals surface area contributed by atoms with E-state index >= 15 is 0 Å². The number of amides is 2. The summed E-state index contributed by atoms with van der Waals surface area (Å²) >= 11 is 5.94. The number of aromatic hydroxyl groups is 1. The Morgan fingerprint density at radius 3 is 2.60 bits per heavy atom. The molecule has 2 rings (SSSR count). The van der Waals surface area contributed by atoms with Gasteiger partial charge >= 0.3 is 6.03 Å². The van der Waals surface area contributed by atoms with Gasteiger partial charge in [0.15, 0.2) is 0 Å². The Kier molecular flexibility index (Phi) is 4.10. The second-order valence-electron chi connectivity index (χ2n) is 4.21. The topological polar surface area (TPSA) is 61.4 Å². The molecule has 0 saturated carbocycles. The Morgan fingerprint density at radius 1 is 1.20 bits per heavy atom. The summed E-state index contributed by atoms with van der Waals surface area (Å²) in [5.41, 5.74) is 1.36. The van der Waals surface area contributed by atoms with Crippen molar-refractivity contribution in [2.24, 2.45) is 0 Å². The Bertz CT molecular complexity index is 662. The van der Waals surface area contributed by atoms with Crippen LogP contribution in [-0.2, 0) is 0 Å². The molecule has 2 aromatic carbocycles. The Hall–Kier alpha value is -2.27. The lowest BCUT2D eigenvalue weighted by atomic mass is 10.2. The molecule has 0 radical (unpaired) electrons. The fourth-order valence-electron chi connectivity index (χ4n) is 1.56. The van der Waals surface area contributed by atoms with Crippen molar-refractivity contribution in [2.75, 3.05) is 10.6 Å². The van der Waals surface area contributed by atoms with E-state index in [1.54, 1.807) is 18.2 Å². The molecule has 0 fully saturated rings. The summed E-state index contributed by atoms with van der Waals surface area (Å²) in [6.07, 6.45) is 0. The summed E-state index contributed by atoms with van der Waals surface area (Å²) in [5, 5.41) is 14.5. The molecule has 0 saturated heterocycles. The van der Waals surface area contributed by atoms with Crippen LogP contribution >= 0.6 is 11.6 Å². The standard InChI is InChI=1S/C14H12ClFN2O2/c1-8-2-3-9(6-11(8)15)17-14(20)18-13-5-4-10(19)7-12(13)16/h2-7,19H,1H3,(H2,17,18,20). The fraction of sp³-hybridized carbons (Fsp3) is 0.0714. The molecule has 0 bridgehead atoms. The summed E-state index contributed by atoms with van der Waals surface area (Å²) in [7, 11) is 0. The zero-order chi connectivity index (χ0) is 14.7. The number of nitrogens with one attached hydrogen (secondary N) is 2. The maximum absolute atomic E-state index is 13.4. The number of anilines is 2. The van der Waals surface area contributed by atoms with Crippen molar-refractivity contribution in [3.05, 3.63) is 52.8 Å². The summed E-state index contributed by atoms with van der Waals surface area (Å²) in [6.45, 7) is 1.85. The molecule has 20 heavy (non-hydrogen) atoms. The van der Waals surface area contributed by atoms with Crippen molar-refractivity contribution in [1.82, 2.24) is 0 Å². The number of urea groups is 1. The van der Waals surface area contributed by atoms with Crippen molar-refractivity contribution in [3.8, 4) is 5.75 Å². The molecule has 0 aromatic heterocycles. The first-order valence-electron chi connectivity index (χ1n) is 5.78. The lowest BCUT2D eigenvalue weighted by molar-refractivity contribution is 0.262. The van der Waals surface area contributed by atoms with Gasteiger partial charge in [0.1, 0.15) is 11.6 Å². The molecule has 0 aliphatic rings. The molecule has 3 N–H and O–H groups in total. The second-order valence-corrected chi connectivity index (χ2v) is 4.61. The van der Waals surface area contributed by atoms with E-state index < -0.39 is 11.8 Å². The van der Waals surface area contributed by atoms with Crippen LogP contribution in [0, 0.1) is 12.7 Å². The summed E-state index contributed by atoms with van der Waals surface area (Å²) < 4.78 is 13.4. The van der Waals surface area contributed by atoms with E-state index in [0.29, 0.717) is 10.7 Å². The molecule has 0 aliphatic heterocycles. The van der Waals surface area contributed by atoms with Crippen LogP contribution < -0.4 is 10.6 Å². The lowest BCUT2D eigenvalue weighted by Crippen LogP contribution is -2.20. The van der Waals surface area contributed by atoms with Gasteiger partial charge in [0.05, 0.1) is 5.69 Å². The quantitative estimate of drug-likeness (QED) is 0.729. The molecule has 4 nitrogen and oxygen atoms in total. The van der Waals surface area contributed by atoms with Crippen LogP contribution in [0.4, 0.5) is 20.6 Å². The summed E-state index contributed by atoms with van der Waals surface area (Å²) in [6, 6.07) is 7.91. The highest BCUT2D eigenvalue weighted by Gasteiger charge is 2.08. The molecule has 104 valence electrons. The van der Waals surface area contributed by atoms with E-state index in [0.717, 1.165) is 11.6 Å². The number of hydrogen-bond acceptors (Lipinski definition) is 2. The number of phenolic OH excluding ortho intramolecular Hbond substituents is 1. The van der Waals surface area contributed by atoms with Crippen molar-refractivity contribution in [2.45, 2.75) is 6.92 Å². The van der Waals surface area contributed by atoms with Crippen LogP contribution in [0.15, 0.2) is 36.4 Å². The number of rotatable bonds is 2. The van der Waals surface area contributed by atoms with Gasteiger partial charge < -0.3 is 15.7 Å². The predicted molar refractivity (Wildman–Crippen MR) is 76.9 cm³/mol. The number of hydrogen-bond donors (Lipinski definition) is 3. The molecule has 0 aliphatic carbocycles. The first kappa shape index (κ1) is 14.1. The van der Waals surface area contributed by atoms with Gasteiger partial charge in [0.2, 0.25) is 0 Å². The van der Waals surface area contributed by atoms with E-state index in [9.17, 15) is 9.18 Å². The molecule has 2 aromatic rings. The number of carbonyl (C=O) groups excluding carboxylic acids is 1. The van der Waals surface area contributed by atoms with Gasteiger partial charge in [-0.25, -0.2) is 9.18 Å². The summed E-state index contributed by atoms with van der Waals surface area (Å²) in [5.74, 6) is -0.930. The van der Waals surface area contributed by atoms with Crippen molar-refractivity contribution >= 4 is 29.0 Å². The van der Waals surface area contributed by atoms with Crippen LogP contribution in [0.1, 0.15) is 5.56 Å². The van der Waals surface area contributed by atoms with Crippen molar-refractivity contribution < 1.29 is 14.3 Å². The van der Waals surface area contributed by atoms with Crippen LogP contribution in [0.3, 0.4) is 0 Å². The zero-order valence-electron chi connectivity index (χ0n) is 10.6. The number of aryl methyl sites for hydroxylation is 1. The minimum Gasteiger partial charge on any atom is -0.508 e. The summed E-state index contributed by atoms with van der Waals surface area (Å²) in [4.78, 5) is 11.7. The van der Waals surface area contributed by atoms with Gasteiger partial charge in [-0.15, -0.1) is 0 Å². The number of halogens is 2. The molecule has 2 amide bonds. The van der Waals surface area contributed by atoms with Crippen LogP contribution in [0.2, 0.25) is 5.02 Å². The van der Waals surface area contributed by atoms with E-state index in [1.165, 1.54) is 12.1 Å². The third kappa shape index (κ3) is 3.39. The van der Waals surface area contributed by atoms with Crippen LogP contribution in [0.25, 0.3) is 0 Å². The largest absolute Gasteiger partial charge is 0.508 e. The van der Waals surface area contributed by atoms with Crippen molar-refractivity contribution in [3.63, 3.8) is 0 Å². The molecule has 0 spiro atoms. The van der Waals surface area contributed by atoms with E-state index in [4.69, 9.17) is 16.7 Å². The van der Waals surface area contributed by atoms with Gasteiger partial charge in [0, 0.05) is 16.8 Å². The van der Waals surface area contributed by atoms with Gasteiger partial charge in [-0.05, 0) is 36.8 Å². The Balaban J connectivity index is 2.07. The number of phenols is 1. The van der Waals surface area contributed by atoms with Gasteiger partial charge in [-0.1, -0.05) is 17.7 Å². The van der Waals surface area contributed by atoms with E-state index in [2.05, 4.69) is 10.6 Å². The maximum atomic E-state index is 13.4.